The monoisotopic (exact) mass is 430 g/mol. The third kappa shape index (κ3) is 2.95. The number of benzene rings is 1. The maximum absolute atomic E-state index is 13.9. The van der Waals surface area contributed by atoms with Gasteiger partial charge in [-0.1, -0.05) is 49.8 Å². The van der Waals surface area contributed by atoms with Crippen molar-refractivity contribution in [3.05, 3.63) is 53.8 Å². The molecule has 3 aliphatic rings. The van der Waals surface area contributed by atoms with E-state index in [1.54, 1.807) is 6.26 Å². The standard InChI is InChI=1S/C26H30N4O2/c1-18-11-13-19(14-12-18)24(31)29-21-9-4-3-8-20(21)26(15-5-2-6-16-26)30-25(29)27-23(28-30)22-10-7-17-32-22/h7,10-14,17,20-21H,2-6,8-9,15-16H2,1H3/t20-,21+/m1/s1. The summed E-state index contributed by atoms with van der Waals surface area (Å²) in [6.07, 6.45) is 12.2. The van der Waals surface area contributed by atoms with Gasteiger partial charge in [-0.25, -0.2) is 4.68 Å². The van der Waals surface area contributed by atoms with Crippen molar-refractivity contribution in [2.24, 2.45) is 5.92 Å². The predicted molar refractivity (Wildman–Crippen MR) is 123 cm³/mol. The number of fused-ring (bicyclic) bond motifs is 4. The molecular formula is C26H30N4O2. The summed E-state index contributed by atoms with van der Waals surface area (Å²) < 4.78 is 7.78. The highest BCUT2D eigenvalue weighted by Gasteiger charge is 2.55. The summed E-state index contributed by atoms with van der Waals surface area (Å²) in [5.41, 5.74) is 1.83. The van der Waals surface area contributed by atoms with E-state index >= 15 is 0 Å². The van der Waals surface area contributed by atoms with Crippen molar-refractivity contribution >= 4 is 11.9 Å². The van der Waals surface area contributed by atoms with Crippen molar-refractivity contribution in [3.8, 4) is 11.6 Å². The topological polar surface area (TPSA) is 64.2 Å². The van der Waals surface area contributed by atoms with Gasteiger partial charge >= 0.3 is 0 Å². The van der Waals surface area contributed by atoms with E-state index in [9.17, 15) is 4.79 Å². The molecule has 0 saturated heterocycles. The van der Waals surface area contributed by atoms with E-state index in [2.05, 4.69) is 4.68 Å². The van der Waals surface area contributed by atoms with Crippen LogP contribution < -0.4 is 4.90 Å². The number of hydrogen-bond donors (Lipinski definition) is 0. The van der Waals surface area contributed by atoms with Gasteiger partial charge in [0.05, 0.1) is 11.8 Å². The molecule has 0 radical (unpaired) electrons. The van der Waals surface area contributed by atoms with E-state index in [1.807, 2.05) is 48.2 Å². The van der Waals surface area contributed by atoms with Crippen molar-refractivity contribution in [2.75, 3.05) is 4.90 Å². The van der Waals surface area contributed by atoms with Crippen molar-refractivity contribution < 1.29 is 9.21 Å². The van der Waals surface area contributed by atoms with Crippen LogP contribution in [0.25, 0.3) is 11.6 Å². The Morgan fingerprint density at radius 2 is 1.81 bits per heavy atom. The number of rotatable bonds is 2. The van der Waals surface area contributed by atoms with Crippen molar-refractivity contribution in [1.82, 2.24) is 14.8 Å². The van der Waals surface area contributed by atoms with Gasteiger partial charge in [0.25, 0.3) is 5.91 Å². The first-order valence-electron chi connectivity index (χ1n) is 12.1. The lowest BCUT2D eigenvalue weighted by Gasteiger charge is -2.55. The molecule has 2 saturated carbocycles. The molecule has 6 nitrogen and oxygen atoms in total. The highest BCUT2D eigenvalue weighted by molar-refractivity contribution is 6.06. The summed E-state index contributed by atoms with van der Waals surface area (Å²) >= 11 is 0. The molecule has 1 aromatic carbocycles. The number of carbonyl (C=O) groups excluding carboxylic acids is 1. The van der Waals surface area contributed by atoms with E-state index in [-0.39, 0.29) is 17.5 Å². The summed E-state index contributed by atoms with van der Waals surface area (Å²) in [7, 11) is 0. The smallest absolute Gasteiger partial charge is 0.260 e. The molecule has 0 unspecified atom stereocenters. The minimum absolute atomic E-state index is 0.0344. The second-order valence-corrected chi connectivity index (χ2v) is 9.79. The van der Waals surface area contributed by atoms with Crippen LogP contribution >= 0.6 is 0 Å². The molecule has 2 aliphatic carbocycles. The van der Waals surface area contributed by atoms with Crippen molar-refractivity contribution in [1.29, 1.82) is 0 Å². The van der Waals surface area contributed by atoms with Crippen LogP contribution in [0, 0.1) is 12.8 Å². The largest absolute Gasteiger partial charge is 0.461 e. The zero-order valence-corrected chi connectivity index (χ0v) is 18.7. The van der Waals surface area contributed by atoms with Crippen LogP contribution in [0.2, 0.25) is 0 Å². The van der Waals surface area contributed by atoms with Gasteiger partial charge in [-0.2, -0.15) is 4.98 Å². The molecule has 2 fully saturated rings. The summed E-state index contributed by atoms with van der Waals surface area (Å²) in [5.74, 6) is 2.39. The third-order valence-electron chi connectivity index (χ3n) is 7.96. The Morgan fingerprint density at radius 3 is 2.56 bits per heavy atom. The van der Waals surface area contributed by atoms with Gasteiger partial charge < -0.3 is 4.42 Å². The lowest BCUT2D eigenvalue weighted by atomic mass is 9.64. The highest BCUT2D eigenvalue weighted by Crippen LogP contribution is 2.53. The zero-order chi connectivity index (χ0) is 21.7. The maximum Gasteiger partial charge on any atom is 0.260 e. The molecule has 0 bridgehead atoms. The number of amides is 1. The predicted octanol–water partition coefficient (Wildman–Crippen LogP) is 5.73. The van der Waals surface area contributed by atoms with Crippen LogP contribution in [0.1, 0.15) is 73.7 Å². The SMILES string of the molecule is Cc1ccc(C(=O)N2c3nc(-c4ccco4)nn3C3(CCCCC3)[C@@H]3CCCC[C@@H]32)cc1. The number of hydrogen-bond acceptors (Lipinski definition) is 4. The number of anilines is 1. The fraction of sp³-hybridized carbons (Fsp3) is 0.500. The van der Waals surface area contributed by atoms with Gasteiger partial charge in [-0.05, 0) is 56.9 Å². The molecule has 1 aliphatic heterocycles. The van der Waals surface area contributed by atoms with Crippen LogP contribution in [0.3, 0.4) is 0 Å². The highest BCUT2D eigenvalue weighted by atomic mass is 16.3. The Kier molecular flexibility index (Phi) is 4.70. The van der Waals surface area contributed by atoms with Gasteiger partial charge in [0.2, 0.25) is 11.8 Å². The van der Waals surface area contributed by atoms with Gasteiger partial charge in [-0.15, -0.1) is 5.10 Å². The van der Waals surface area contributed by atoms with Gasteiger partial charge in [0, 0.05) is 17.5 Å². The molecule has 166 valence electrons. The van der Waals surface area contributed by atoms with E-state index in [0.29, 0.717) is 29.0 Å². The van der Waals surface area contributed by atoms with E-state index in [4.69, 9.17) is 14.5 Å². The van der Waals surface area contributed by atoms with E-state index in [1.165, 1.54) is 25.7 Å². The number of aryl methyl sites for hydroxylation is 1. The zero-order valence-electron chi connectivity index (χ0n) is 18.7. The molecule has 32 heavy (non-hydrogen) atoms. The summed E-state index contributed by atoms with van der Waals surface area (Å²) in [6, 6.07) is 11.8. The second-order valence-electron chi connectivity index (χ2n) is 9.79. The van der Waals surface area contributed by atoms with Crippen molar-refractivity contribution in [3.63, 3.8) is 0 Å². The molecule has 6 rings (SSSR count). The number of carbonyl (C=O) groups is 1. The van der Waals surface area contributed by atoms with Gasteiger partial charge in [-0.3, -0.25) is 9.69 Å². The lowest BCUT2D eigenvalue weighted by Crippen LogP contribution is -2.61. The second kappa shape index (κ2) is 7.61. The van der Waals surface area contributed by atoms with Crippen LogP contribution in [0.5, 0.6) is 0 Å². The molecule has 0 N–H and O–H groups in total. The minimum atomic E-state index is -0.0411. The molecule has 2 aromatic heterocycles. The summed E-state index contributed by atoms with van der Waals surface area (Å²) in [6.45, 7) is 2.05. The Balaban J connectivity index is 1.53. The minimum Gasteiger partial charge on any atom is -0.461 e. The maximum atomic E-state index is 13.9. The first-order valence-corrected chi connectivity index (χ1v) is 12.1. The lowest BCUT2D eigenvalue weighted by molar-refractivity contribution is 0.0314. The molecule has 2 atom stereocenters. The van der Waals surface area contributed by atoms with E-state index < -0.39 is 0 Å². The molecular weight excluding hydrogens is 400 g/mol. The Bertz CT molecular complexity index is 1110. The number of nitrogens with zero attached hydrogens (tertiary/aromatic N) is 4. The molecule has 3 aromatic rings. The Morgan fingerprint density at radius 1 is 1.03 bits per heavy atom. The first-order chi connectivity index (χ1) is 15.7. The summed E-state index contributed by atoms with van der Waals surface area (Å²) in [4.78, 5) is 20.8. The molecule has 1 spiro atoms. The summed E-state index contributed by atoms with van der Waals surface area (Å²) in [5, 5.41) is 5.02. The first kappa shape index (κ1) is 19.8. The Hall–Kier alpha value is -2.89. The quantitative estimate of drug-likeness (QED) is 0.521. The van der Waals surface area contributed by atoms with E-state index in [0.717, 1.165) is 37.7 Å². The fourth-order valence-electron chi connectivity index (χ4n) is 6.44. The number of furan rings is 1. The van der Waals surface area contributed by atoms with Crippen LogP contribution in [-0.2, 0) is 5.54 Å². The normalized spacial score (nSPS) is 24.2. The van der Waals surface area contributed by atoms with Crippen LogP contribution in [-0.4, -0.2) is 26.7 Å². The van der Waals surface area contributed by atoms with Crippen LogP contribution in [0.15, 0.2) is 47.1 Å². The van der Waals surface area contributed by atoms with Gasteiger partial charge in [0.1, 0.15) is 0 Å². The molecule has 6 heteroatoms. The molecule has 3 heterocycles. The molecule has 1 amide bonds. The Labute approximate surface area is 188 Å². The average molecular weight is 431 g/mol. The average Bonchev–Trinajstić information content (AvgIpc) is 3.51. The van der Waals surface area contributed by atoms with Gasteiger partial charge in [0.15, 0.2) is 5.76 Å². The fourth-order valence-corrected chi connectivity index (χ4v) is 6.44. The third-order valence-corrected chi connectivity index (χ3v) is 7.96. The van der Waals surface area contributed by atoms with Crippen molar-refractivity contribution in [2.45, 2.75) is 76.3 Å². The number of aromatic nitrogens is 3. The van der Waals surface area contributed by atoms with Crippen LogP contribution in [0.4, 0.5) is 5.95 Å².